The molecule has 1 saturated carbocycles. The number of ether oxygens (including phenoxy) is 1. The van der Waals surface area contributed by atoms with Crippen LogP contribution < -0.4 is 10.2 Å². The Morgan fingerprint density at radius 1 is 1.33 bits per heavy atom. The number of nitrogens with one attached hydrogen (secondary N) is 2. The van der Waals surface area contributed by atoms with Gasteiger partial charge in [-0.3, -0.25) is 4.79 Å². The molecule has 5 nitrogen and oxygen atoms in total. The van der Waals surface area contributed by atoms with Crippen molar-refractivity contribution in [2.75, 3.05) is 25.0 Å². The molecule has 6 heteroatoms. The third kappa shape index (κ3) is 3.98. The molecule has 2 atom stereocenters. The van der Waals surface area contributed by atoms with Gasteiger partial charge in [-0.05, 0) is 62.8 Å². The summed E-state index contributed by atoms with van der Waals surface area (Å²) in [7, 11) is 0. The zero-order valence-corrected chi connectivity index (χ0v) is 15.3. The summed E-state index contributed by atoms with van der Waals surface area (Å²) >= 11 is 1.45. The summed E-state index contributed by atoms with van der Waals surface area (Å²) in [4.78, 5) is 26.2. The lowest BCUT2D eigenvalue weighted by atomic mass is 10.0. The molecule has 1 aromatic rings. The van der Waals surface area contributed by atoms with Crippen LogP contribution in [-0.2, 0) is 9.53 Å². The fourth-order valence-electron chi connectivity index (χ4n) is 3.46. The minimum absolute atomic E-state index is 0.00602. The number of carbonyl (C=O) groups excluding carboxylic acids is 2. The van der Waals surface area contributed by atoms with E-state index in [9.17, 15) is 9.59 Å². The van der Waals surface area contributed by atoms with Crippen LogP contribution in [0.5, 0.6) is 0 Å². The van der Waals surface area contributed by atoms with Crippen molar-refractivity contribution in [3.05, 3.63) is 16.5 Å². The molecule has 1 aliphatic heterocycles. The van der Waals surface area contributed by atoms with E-state index >= 15 is 0 Å². The Balaban J connectivity index is 1.69. The zero-order valence-electron chi connectivity index (χ0n) is 14.5. The molecular weight excluding hydrogens is 324 g/mol. The number of hydrogen-bond acceptors (Lipinski definition) is 4. The van der Waals surface area contributed by atoms with Crippen molar-refractivity contribution >= 4 is 28.2 Å². The number of anilines is 1. The molecule has 1 unspecified atom stereocenters. The Labute approximate surface area is 147 Å². The Morgan fingerprint density at radius 2 is 2.12 bits per heavy atom. The first kappa shape index (κ1) is 17.4. The zero-order chi connectivity index (χ0) is 17.1. The molecule has 1 aromatic heterocycles. The Hall–Kier alpha value is -1.40. The normalized spacial score (nSPS) is 23.8. The van der Waals surface area contributed by atoms with Crippen molar-refractivity contribution in [3.8, 4) is 0 Å². The highest BCUT2D eigenvalue weighted by atomic mass is 32.1. The molecule has 2 heterocycles. The molecule has 2 aliphatic rings. The van der Waals surface area contributed by atoms with Crippen LogP contribution in [0.25, 0.3) is 0 Å². The monoisotopic (exact) mass is 351 g/mol. The lowest BCUT2D eigenvalue weighted by Crippen LogP contribution is -3.17. The average Bonchev–Trinajstić information content (AvgIpc) is 3.31. The standard InChI is InChI=1S/C18H26N2O3S/c1-3-23-18(22)16-14(13-7-8-13)11-24-17(16)19-15(21)10-20-9-5-4-6-12(20)2/h11-13H,3-10H2,1-2H3,(H,19,21)/p+1/t12-/m1/s1. The molecule has 0 spiro atoms. The van der Waals surface area contributed by atoms with Gasteiger partial charge in [-0.1, -0.05) is 0 Å². The van der Waals surface area contributed by atoms with E-state index in [1.165, 1.54) is 35.5 Å². The molecule has 1 aliphatic carbocycles. The Kier molecular flexibility index (Phi) is 5.56. The molecule has 0 aromatic carbocycles. The lowest BCUT2D eigenvalue weighted by molar-refractivity contribution is -0.920. The highest BCUT2D eigenvalue weighted by Gasteiger charge is 2.33. The van der Waals surface area contributed by atoms with Gasteiger partial charge in [-0.15, -0.1) is 11.3 Å². The second-order valence-electron chi connectivity index (χ2n) is 6.92. The number of piperidine rings is 1. The predicted molar refractivity (Wildman–Crippen MR) is 94.9 cm³/mol. The number of rotatable bonds is 6. The van der Waals surface area contributed by atoms with Crippen molar-refractivity contribution in [1.82, 2.24) is 0 Å². The Bertz CT molecular complexity index is 609. The minimum Gasteiger partial charge on any atom is -0.462 e. The van der Waals surface area contributed by atoms with Gasteiger partial charge in [-0.2, -0.15) is 0 Å². The second kappa shape index (κ2) is 7.66. The van der Waals surface area contributed by atoms with E-state index in [4.69, 9.17) is 4.74 Å². The smallest absolute Gasteiger partial charge is 0.341 e. The molecule has 1 amide bonds. The third-order valence-electron chi connectivity index (χ3n) is 5.04. The van der Waals surface area contributed by atoms with E-state index in [0.717, 1.165) is 24.9 Å². The van der Waals surface area contributed by atoms with Crippen LogP contribution >= 0.6 is 11.3 Å². The number of quaternary nitrogens is 1. The first-order chi connectivity index (χ1) is 11.6. The Morgan fingerprint density at radius 3 is 2.79 bits per heavy atom. The van der Waals surface area contributed by atoms with Gasteiger partial charge in [0.1, 0.15) is 5.00 Å². The van der Waals surface area contributed by atoms with Gasteiger partial charge >= 0.3 is 5.97 Å². The third-order valence-corrected chi connectivity index (χ3v) is 5.95. The van der Waals surface area contributed by atoms with E-state index in [2.05, 4.69) is 12.2 Å². The predicted octanol–water partition coefficient (Wildman–Crippen LogP) is 2.20. The maximum absolute atomic E-state index is 12.5. The van der Waals surface area contributed by atoms with Crippen LogP contribution in [0.1, 0.15) is 67.8 Å². The topological polar surface area (TPSA) is 59.8 Å². The summed E-state index contributed by atoms with van der Waals surface area (Å²) < 4.78 is 5.21. The van der Waals surface area contributed by atoms with Crippen molar-refractivity contribution < 1.29 is 19.2 Å². The van der Waals surface area contributed by atoms with Gasteiger partial charge in [0.25, 0.3) is 5.91 Å². The largest absolute Gasteiger partial charge is 0.462 e. The van der Waals surface area contributed by atoms with Crippen LogP contribution in [0.15, 0.2) is 5.38 Å². The number of thiophene rings is 1. The fraction of sp³-hybridized carbons (Fsp3) is 0.667. The molecule has 0 radical (unpaired) electrons. The van der Waals surface area contributed by atoms with E-state index < -0.39 is 0 Å². The fourth-order valence-corrected chi connectivity index (χ4v) is 4.51. The quantitative estimate of drug-likeness (QED) is 0.773. The summed E-state index contributed by atoms with van der Waals surface area (Å²) in [6.45, 7) is 5.89. The van der Waals surface area contributed by atoms with Crippen LogP contribution in [0.4, 0.5) is 5.00 Å². The molecule has 0 bridgehead atoms. The van der Waals surface area contributed by atoms with Crippen LogP contribution in [0.3, 0.4) is 0 Å². The summed E-state index contributed by atoms with van der Waals surface area (Å²) in [6, 6.07) is 0.527. The van der Waals surface area contributed by atoms with Crippen LogP contribution in [0.2, 0.25) is 0 Å². The van der Waals surface area contributed by atoms with Gasteiger partial charge in [0, 0.05) is 0 Å². The first-order valence-corrected chi connectivity index (χ1v) is 9.91. The number of hydrogen-bond donors (Lipinski definition) is 2. The van der Waals surface area contributed by atoms with E-state index in [-0.39, 0.29) is 11.9 Å². The highest BCUT2D eigenvalue weighted by molar-refractivity contribution is 7.15. The van der Waals surface area contributed by atoms with Gasteiger partial charge in [0.05, 0.1) is 24.8 Å². The molecule has 132 valence electrons. The van der Waals surface area contributed by atoms with Gasteiger partial charge in [-0.25, -0.2) is 4.79 Å². The van der Waals surface area contributed by atoms with Crippen molar-refractivity contribution in [3.63, 3.8) is 0 Å². The maximum Gasteiger partial charge on any atom is 0.341 e. The van der Waals surface area contributed by atoms with Gasteiger partial charge in [0.2, 0.25) is 0 Å². The highest BCUT2D eigenvalue weighted by Crippen LogP contribution is 2.46. The number of amides is 1. The van der Waals surface area contributed by atoms with Gasteiger partial charge < -0.3 is 15.0 Å². The number of carbonyl (C=O) groups is 2. The first-order valence-electron chi connectivity index (χ1n) is 9.03. The molecular formula is C18H27N2O3S+. The van der Waals surface area contributed by atoms with Crippen molar-refractivity contribution in [2.24, 2.45) is 0 Å². The minimum atomic E-state index is -0.311. The SMILES string of the molecule is CCOC(=O)c1c(C2CC2)csc1NC(=O)C[NH+]1CCCC[C@H]1C. The molecule has 1 saturated heterocycles. The summed E-state index contributed by atoms with van der Waals surface area (Å²) in [5.41, 5.74) is 1.63. The van der Waals surface area contributed by atoms with Crippen LogP contribution in [-0.4, -0.2) is 37.6 Å². The van der Waals surface area contributed by atoms with E-state index in [1.54, 1.807) is 6.92 Å². The lowest BCUT2D eigenvalue weighted by Gasteiger charge is -2.29. The summed E-state index contributed by atoms with van der Waals surface area (Å²) in [6.07, 6.45) is 5.86. The average molecular weight is 351 g/mol. The van der Waals surface area contributed by atoms with Crippen molar-refractivity contribution in [2.45, 2.75) is 57.9 Å². The van der Waals surface area contributed by atoms with E-state index in [1.807, 2.05) is 5.38 Å². The maximum atomic E-state index is 12.5. The number of likely N-dealkylation sites (tertiary alicyclic amines) is 1. The van der Waals surface area contributed by atoms with Crippen molar-refractivity contribution in [1.29, 1.82) is 0 Å². The summed E-state index contributed by atoms with van der Waals surface area (Å²) in [5, 5.41) is 5.65. The molecule has 2 N–H and O–H groups in total. The second-order valence-corrected chi connectivity index (χ2v) is 7.80. The number of esters is 1. The van der Waals surface area contributed by atoms with Gasteiger partial charge in [0.15, 0.2) is 6.54 Å². The van der Waals surface area contributed by atoms with Crippen LogP contribution in [0, 0.1) is 0 Å². The molecule has 2 fully saturated rings. The molecule has 24 heavy (non-hydrogen) atoms. The molecule has 3 rings (SSSR count). The summed E-state index contributed by atoms with van der Waals surface area (Å²) in [5.74, 6) is 0.141. The van der Waals surface area contributed by atoms with E-state index in [0.29, 0.717) is 35.7 Å².